The number of hydrogen-bond donors (Lipinski definition) is 0. The molecular formula is C5H4N2. The molecule has 0 fully saturated rings. The molecule has 0 atom stereocenters. The second kappa shape index (κ2) is 1.57. The molecule has 2 nitrogen and oxygen atoms in total. The van der Waals surface area contributed by atoms with Gasteiger partial charge in [-0.05, 0) is 0 Å². The summed E-state index contributed by atoms with van der Waals surface area (Å²) in [4.78, 5) is 3.73. The average Bonchev–Trinajstić information content (AvgIpc) is 2.14. The number of allylic oxidation sites excluding steroid dienone is 1. The first kappa shape index (κ1) is 4.07. The molecule has 1 heterocycles. The van der Waals surface area contributed by atoms with Gasteiger partial charge in [-0.1, -0.05) is 6.08 Å². The molecule has 1 rings (SSSR count). The van der Waals surface area contributed by atoms with E-state index in [4.69, 9.17) is 5.26 Å². The van der Waals surface area contributed by atoms with Gasteiger partial charge in [-0.2, -0.15) is 5.26 Å². The van der Waals surface area contributed by atoms with Crippen LogP contribution in [0, 0.1) is 11.3 Å². The van der Waals surface area contributed by atoms with E-state index in [-0.39, 0.29) is 0 Å². The smallest absolute Gasteiger partial charge is 0.121 e. The summed E-state index contributed by atoms with van der Waals surface area (Å²) in [6.45, 7) is 0. The first-order chi connectivity index (χ1) is 3.43. The summed E-state index contributed by atoms with van der Waals surface area (Å²) in [6.07, 6.45) is 4.23. The molecule has 0 unspecified atom stereocenters. The highest BCUT2D eigenvalue weighted by molar-refractivity contribution is 6.00. The third-order valence-electron chi connectivity index (χ3n) is 0.776. The van der Waals surface area contributed by atoms with Crippen molar-refractivity contribution in [3.05, 3.63) is 12.3 Å². The summed E-state index contributed by atoms with van der Waals surface area (Å²) in [5.74, 6) is 0. The third-order valence-corrected chi connectivity index (χ3v) is 0.776. The zero-order chi connectivity index (χ0) is 5.11. The van der Waals surface area contributed by atoms with Crippen LogP contribution in [-0.4, -0.2) is 5.71 Å². The summed E-state index contributed by atoms with van der Waals surface area (Å²) in [5, 5.41) is 8.15. The Kier molecular flexibility index (Phi) is 0.910. The van der Waals surface area contributed by atoms with Crippen molar-refractivity contribution < 1.29 is 0 Å². The van der Waals surface area contributed by atoms with Crippen LogP contribution < -0.4 is 0 Å². The summed E-state index contributed by atoms with van der Waals surface area (Å²) < 4.78 is 0. The topological polar surface area (TPSA) is 36.1 Å². The fourth-order valence-electron chi connectivity index (χ4n) is 0.434. The van der Waals surface area contributed by atoms with E-state index in [0.717, 1.165) is 6.42 Å². The second-order valence-corrected chi connectivity index (χ2v) is 1.28. The molecule has 0 aromatic carbocycles. The number of rotatable bonds is 0. The molecule has 0 aliphatic carbocycles. The molecule has 0 aromatic heterocycles. The Bertz CT molecular complexity index is 159. The standard InChI is InChI=1S/C5H4N2/c6-4-5-2-1-3-7-5/h1,3H,2H2. The lowest BCUT2D eigenvalue weighted by Gasteiger charge is -1.72. The van der Waals surface area contributed by atoms with E-state index in [0.29, 0.717) is 5.71 Å². The minimum Gasteiger partial charge on any atom is -0.250 e. The maximum absolute atomic E-state index is 8.15. The third kappa shape index (κ3) is 0.660. The maximum Gasteiger partial charge on any atom is 0.121 e. The molecule has 0 aromatic rings. The fraction of sp³-hybridized carbons (Fsp3) is 0.200. The molecule has 0 N–H and O–H groups in total. The predicted molar refractivity (Wildman–Crippen MR) is 26.8 cm³/mol. The van der Waals surface area contributed by atoms with Crippen LogP contribution in [0.15, 0.2) is 17.3 Å². The van der Waals surface area contributed by atoms with Gasteiger partial charge in [0.05, 0.1) is 0 Å². The number of hydrogen-bond acceptors (Lipinski definition) is 2. The largest absolute Gasteiger partial charge is 0.250 e. The molecule has 0 amide bonds. The van der Waals surface area contributed by atoms with Gasteiger partial charge >= 0.3 is 0 Å². The molecule has 0 radical (unpaired) electrons. The second-order valence-electron chi connectivity index (χ2n) is 1.28. The van der Waals surface area contributed by atoms with Crippen LogP contribution in [0.4, 0.5) is 0 Å². The number of nitrogens with zero attached hydrogens (tertiary/aromatic N) is 2. The minimum absolute atomic E-state index is 0.611. The summed E-state index contributed by atoms with van der Waals surface area (Å²) in [7, 11) is 0. The Morgan fingerprint density at radius 2 is 2.71 bits per heavy atom. The highest BCUT2D eigenvalue weighted by Crippen LogP contribution is 1.96. The molecule has 0 saturated carbocycles. The van der Waals surface area contributed by atoms with E-state index in [2.05, 4.69) is 4.99 Å². The van der Waals surface area contributed by atoms with E-state index in [9.17, 15) is 0 Å². The van der Waals surface area contributed by atoms with Crippen LogP contribution in [0.2, 0.25) is 0 Å². The van der Waals surface area contributed by atoms with Crippen molar-refractivity contribution in [2.45, 2.75) is 6.42 Å². The van der Waals surface area contributed by atoms with Crippen LogP contribution in [0.3, 0.4) is 0 Å². The first-order valence-electron chi connectivity index (χ1n) is 2.05. The molecule has 2 heteroatoms. The van der Waals surface area contributed by atoms with E-state index in [1.54, 1.807) is 6.20 Å². The van der Waals surface area contributed by atoms with Crippen LogP contribution in [-0.2, 0) is 0 Å². The quantitative estimate of drug-likeness (QED) is 0.436. The van der Waals surface area contributed by atoms with Gasteiger partial charge in [0, 0.05) is 12.6 Å². The molecule has 0 spiro atoms. The van der Waals surface area contributed by atoms with Crippen molar-refractivity contribution in [1.82, 2.24) is 0 Å². The van der Waals surface area contributed by atoms with E-state index < -0.39 is 0 Å². The monoisotopic (exact) mass is 92.0 g/mol. The zero-order valence-corrected chi connectivity index (χ0v) is 3.76. The Morgan fingerprint density at radius 3 is 3.00 bits per heavy atom. The van der Waals surface area contributed by atoms with Crippen molar-refractivity contribution in [1.29, 1.82) is 5.26 Å². The molecule has 1 aliphatic heterocycles. The average molecular weight is 92.1 g/mol. The molecule has 7 heavy (non-hydrogen) atoms. The lowest BCUT2D eigenvalue weighted by Crippen LogP contribution is -1.83. The van der Waals surface area contributed by atoms with Crippen molar-refractivity contribution in [3.63, 3.8) is 0 Å². The molecule has 34 valence electrons. The summed E-state index contributed by atoms with van der Waals surface area (Å²) in [5.41, 5.74) is 0.611. The van der Waals surface area contributed by atoms with Gasteiger partial charge in [0.1, 0.15) is 11.8 Å². The van der Waals surface area contributed by atoms with Crippen LogP contribution in [0.1, 0.15) is 6.42 Å². The lowest BCUT2D eigenvalue weighted by molar-refractivity contribution is 1.49. The highest BCUT2D eigenvalue weighted by Gasteiger charge is 1.94. The van der Waals surface area contributed by atoms with Crippen LogP contribution in [0.5, 0.6) is 0 Å². The first-order valence-corrected chi connectivity index (χ1v) is 2.05. The fourth-order valence-corrected chi connectivity index (χ4v) is 0.434. The Labute approximate surface area is 41.8 Å². The van der Waals surface area contributed by atoms with Crippen LogP contribution in [0.25, 0.3) is 0 Å². The van der Waals surface area contributed by atoms with Crippen molar-refractivity contribution in [2.75, 3.05) is 0 Å². The molecule has 0 bridgehead atoms. The van der Waals surface area contributed by atoms with Gasteiger partial charge in [0.15, 0.2) is 0 Å². The zero-order valence-electron chi connectivity index (χ0n) is 3.76. The predicted octanol–water partition coefficient (Wildman–Crippen LogP) is 0.868. The van der Waals surface area contributed by atoms with Gasteiger partial charge in [-0.25, -0.2) is 0 Å². The minimum atomic E-state index is 0.611. The highest BCUT2D eigenvalue weighted by atomic mass is 14.7. The molecule has 1 aliphatic rings. The Hall–Kier alpha value is -1.10. The molecule has 0 saturated heterocycles. The van der Waals surface area contributed by atoms with Crippen LogP contribution >= 0.6 is 0 Å². The Morgan fingerprint density at radius 1 is 1.86 bits per heavy atom. The maximum atomic E-state index is 8.15. The van der Waals surface area contributed by atoms with Gasteiger partial charge in [0.2, 0.25) is 0 Å². The van der Waals surface area contributed by atoms with Crippen molar-refractivity contribution >= 4 is 5.71 Å². The SMILES string of the molecule is N#CC1=NC=CC1. The van der Waals surface area contributed by atoms with Gasteiger partial charge in [0.25, 0.3) is 0 Å². The van der Waals surface area contributed by atoms with E-state index >= 15 is 0 Å². The summed E-state index contributed by atoms with van der Waals surface area (Å²) in [6, 6.07) is 1.95. The normalized spacial score (nSPS) is 16.1. The van der Waals surface area contributed by atoms with Gasteiger partial charge < -0.3 is 0 Å². The van der Waals surface area contributed by atoms with Crippen molar-refractivity contribution in [2.24, 2.45) is 4.99 Å². The summed E-state index contributed by atoms with van der Waals surface area (Å²) >= 11 is 0. The van der Waals surface area contributed by atoms with E-state index in [1.165, 1.54) is 0 Å². The van der Waals surface area contributed by atoms with Gasteiger partial charge in [-0.15, -0.1) is 0 Å². The van der Waals surface area contributed by atoms with Gasteiger partial charge in [-0.3, -0.25) is 4.99 Å². The number of nitriles is 1. The van der Waals surface area contributed by atoms with Crippen molar-refractivity contribution in [3.8, 4) is 6.07 Å². The lowest BCUT2D eigenvalue weighted by atomic mass is 10.3. The Balaban J connectivity index is 2.67. The molecular weight excluding hydrogens is 88.1 g/mol. The number of aliphatic imine (C=N–C) groups is 1. The van der Waals surface area contributed by atoms with E-state index in [1.807, 2.05) is 12.1 Å².